The third-order valence-corrected chi connectivity index (χ3v) is 12.4. The summed E-state index contributed by atoms with van der Waals surface area (Å²) in [7, 11) is 0. The molecule has 12 aromatic rings. The molecule has 0 radical (unpaired) electrons. The fourth-order valence-electron chi connectivity index (χ4n) is 9.32. The summed E-state index contributed by atoms with van der Waals surface area (Å²) in [6.07, 6.45) is 0. The molecule has 0 aliphatic rings. The molecule has 1 heterocycles. The van der Waals surface area contributed by atoms with Crippen molar-refractivity contribution in [2.45, 2.75) is 0 Å². The summed E-state index contributed by atoms with van der Waals surface area (Å²) < 4.78 is 6.19. The van der Waals surface area contributed by atoms with E-state index in [1.807, 2.05) is 12.1 Å². The summed E-state index contributed by atoms with van der Waals surface area (Å²) in [5, 5.41) is 9.82. The highest BCUT2D eigenvalue weighted by Crippen LogP contribution is 2.41. The molecule has 0 aliphatic heterocycles. The van der Waals surface area contributed by atoms with Crippen LogP contribution in [0, 0.1) is 0 Å². The van der Waals surface area contributed by atoms with Gasteiger partial charge in [-0.1, -0.05) is 176 Å². The monoisotopic (exact) mass is 789 g/mol. The Balaban J connectivity index is 0.938. The van der Waals surface area contributed by atoms with E-state index in [4.69, 9.17) is 4.42 Å². The maximum atomic E-state index is 6.19. The molecule has 2 heteroatoms. The van der Waals surface area contributed by atoms with E-state index in [9.17, 15) is 0 Å². The van der Waals surface area contributed by atoms with Crippen LogP contribution in [0.3, 0.4) is 0 Å². The number of fused-ring (bicyclic) bond motifs is 7. The summed E-state index contributed by atoms with van der Waals surface area (Å²) in [6.45, 7) is 0. The molecule has 12 rings (SSSR count). The Kier molecular flexibility index (Phi) is 8.53. The quantitative estimate of drug-likeness (QED) is 0.150. The highest BCUT2D eigenvalue weighted by Gasteiger charge is 2.17. The molecule has 0 spiro atoms. The minimum atomic E-state index is 0.898. The van der Waals surface area contributed by atoms with E-state index in [0.717, 1.165) is 50.1 Å². The lowest BCUT2D eigenvalue weighted by Gasteiger charge is -2.27. The van der Waals surface area contributed by atoms with Gasteiger partial charge in [-0.3, -0.25) is 0 Å². The van der Waals surface area contributed by atoms with E-state index in [2.05, 4.69) is 229 Å². The Morgan fingerprint density at radius 3 is 1.50 bits per heavy atom. The Hall–Kier alpha value is -8.20. The molecule has 2 nitrogen and oxygen atoms in total. The van der Waals surface area contributed by atoms with Gasteiger partial charge in [-0.25, -0.2) is 0 Å². The van der Waals surface area contributed by atoms with E-state index in [1.165, 1.54) is 65.7 Å². The van der Waals surface area contributed by atoms with Gasteiger partial charge in [-0.15, -0.1) is 0 Å². The molecule has 11 aromatic carbocycles. The lowest BCUT2D eigenvalue weighted by molar-refractivity contribution is 0.669. The Morgan fingerprint density at radius 1 is 0.242 bits per heavy atom. The first-order chi connectivity index (χ1) is 30.7. The number of hydrogen-bond acceptors (Lipinski definition) is 2. The van der Waals surface area contributed by atoms with Crippen LogP contribution in [0.15, 0.2) is 241 Å². The molecule has 0 aliphatic carbocycles. The van der Waals surface area contributed by atoms with Crippen molar-refractivity contribution in [1.29, 1.82) is 0 Å². The van der Waals surface area contributed by atoms with Gasteiger partial charge in [0.1, 0.15) is 11.2 Å². The van der Waals surface area contributed by atoms with Gasteiger partial charge in [0, 0.05) is 27.8 Å². The van der Waals surface area contributed by atoms with Crippen molar-refractivity contribution in [3.63, 3.8) is 0 Å². The van der Waals surface area contributed by atoms with Crippen LogP contribution in [-0.2, 0) is 0 Å². The van der Waals surface area contributed by atoms with Crippen LogP contribution in [-0.4, -0.2) is 0 Å². The molecule has 62 heavy (non-hydrogen) atoms. The van der Waals surface area contributed by atoms with E-state index < -0.39 is 0 Å². The molecule has 0 N–H and O–H groups in total. The number of rotatable bonds is 7. The first kappa shape index (κ1) is 35.7. The van der Waals surface area contributed by atoms with E-state index in [-0.39, 0.29) is 0 Å². The van der Waals surface area contributed by atoms with Crippen molar-refractivity contribution in [1.82, 2.24) is 0 Å². The highest BCUT2D eigenvalue weighted by molar-refractivity contribution is 6.09. The van der Waals surface area contributed by atoms with Gasteiger partial charge in [-0.2, -0.15) is 0 Å². The normalized spacial score (nSPS) is 11.5. The van der Waals surface area contributed by atoms with Crippen LogP contribution in [0.5, 0.6) is 0 Å². The molecule has 1 aromatic heterocycles. The molecular weight excluding hydrogens is 751 g/mol. The SMILES string of the molecule is c1cc(-c2ccc3c(ccc4ccccc43)c2)cc(N(c2ccc(-c3ccc(-c4cccc5ccccc45)cc3)cc2)c2cccc(-c3ccc4oc5ccccc5c4c3)c2)c1. The summed E-state index contributed by atoms with van der Waals surface area (Å²) in [5.41, 5.74) is 14.5. The molecule has 0 bridgehead atoms. The minimum absolute atomic E-state index is 0.898. The van der Waals surface area contributed by atoms with Crippen LogP contribution in [0.4, 0.5) is 17.1 Å². The largest absolute Gasteiger partial charge is 0.456 e. The summed E-state index contributed by atoms with van der Waals surface area (Å²) in [5.74, 6) is 0. The minimum Gasteiger partial charge on any atom is -0.456 e. The van der Waals surface area contributed by atoms with E-state index >= 15 is 0 Å². The topological polar surface area (TPSA) is 16.4 Å². The lowest BCUT2D eigenvalue weighted by atomic mass is 9.96. The molecular formula is C60H39NO. The van der Waals surface area contributed by atoms with E-state index in [1.54, 1.807) is 0 Å². The van der Waals surface area contributed by atoms with Gasteiger partial charge in [-0.05, 0) is 137 Å². The van der Waals surface area contributed by atoms with Gasteiger partial charge in [0.25, 0.3) is 0 Å². The molecule has 0 fully saturated rings. The maximum Gasteiger partial charge on any atom is 0.135 e. The van der Waals surface area contributed by atoms with Crippen LogP contribution in [0.25, 0.3) is 98.8 Å². The average molecular weight is 790 g/mol. The standard InChI is InChI=1S/C60H39NO/c1-3-17-53-42(10-1)12-9-20-55(53)44-24-22-40(23-25-44)41-28-32-50(33-29-41)61(52-16-8-14-46(38-52)48-31-35-60-58(39-48)57-19-5-6-21-59(57)62-60)51-15-7-13-45(37-51)47-30-34-56-49(36-47)27-26-43-11-2-4-18-54(43)56/h1-39H. The zero-order valence-corrected chi connectivity index (χ0v) is 33.9. The number of benzene rings is 11. The lowest BCUT2D eigenvalue weighted by Crippen LogP contribution is -2.10. The number of para-hydroxylation sites is 1. The number of nitrogens with zero attached hydrogens (tertiary/aromatic N) is 1. The van der Waals surface area contributed by atoms with Crippen molar-refractivity contribution < 1.29 is 4.42 Å². The van der Waals surface area contributed by atoms with Crippen molar-refractivity contribution in [2.75, 3.05) is 4.90 Å². The predicted molar refractivity (Wildman–Crippen MR) is 263 cm³/mol. The van der Waals surface area contributed by atoms with Crippen LogP contribution in [0.2, 0.25) is 0 Å². The van der Waals surface area contributed by atoms with Crippen molar-refractivity contribution in [2.24, 2.45) is 0 Å². The Labute approximate surface area is 360 Å². The molecule has 0 unspecified atom stereocenters. The molecule has 0 saturated heterocycles. The van der Waals surface area contributed by atoms with Crippen LogP contribution < -0.4 is 4.90 Å². The van der Waals surface area contributed by atoms with Crippen LogP contribution in [0.1, 0.15) is 0 Å². The summed E-state index contributed by atoms with van der Waals surface area (Å²) >= 11 is 0. The van der Waals surface area contributed by atoms with Crippen molar-refractivity contribution in [3.05, 3.63) is 237 Å². The first-order valence-electron chi connectivity index (χ1n) is 21.2. The van der Waals surface area contributed by atoms with Gasteiger partial charge in [0.05, 0.1) is 0 Å². The molecule has 290 valence electrons. The summed E-state index contributed by atoms with van der Waals surface area (Å²) in [6, 6.07) is 85.6. The number of furan rings is 1. The van der Waals surface area contributed by atoms with Gasteiger partial charge in [0.2, 0.25) is 0 Å². The van der Waals surface area contributed by atoms with Gasteiger partial charge < -0.3 is 9.32 Å². The second kappa shape index (κ2) is 14.8. The predicted octanol–water partition coefficient (Wildman–Crippen LogP) is 17.2. The third kappa shape index (κ3) is 6.29. The third-order valence-electron chi connectivity index (χ3n) is 12.4. The van der Waals surface area contributed by atoms with Crippen molar-refractivity contribution >= 4 is 71.3 Å². The van der Waals surface area contributed by atoms with Gasteiger partial charge >= 0.3 is 0 Å². The van der Waals surface area contributed by atoms with Crippen LogP contribution >= 0.6 is 0 Å². The molecule has 0 amide bonds. The Bertz CT molecular complexity index is 3630. The highest BCUT2D eigenvalue weighted by atomic mass is 16.3. The zero-order chi connectivity index (χ0) is 41.0. The molecule has 0 atom stereocenters. The van der Waals surface area contributed by atoms with Crippen molar-refractivity contribution in [3.8, 4) is 44.5 Å². The second-order valence-electron chi connectivity index (χ2n) is 16.1. The molecule has 0 saturated carbocycles. The Morgan fingerprint density at radius 2 is 0.742 bits per heavy atom. The fourth-order valence-corrected chi connectivity index (χ4v) is 9.32. The summed E-state index contributed by atoms with van der Waals surface area (Å²) in [4.78, 5) is 2.38. The smallest absolute Gasteiger partial charge is 0.135 e. The second-order valence-corrected chi connectivity index (χ2v) is 16.1. The number of anilines is 3. The van der Waals surface area contributed by atoms with Gasteiger partial charge in [0.15, 0.2) is 0 Å². The fraction of sp³-hybridized carbons (Fsp3) is 0. The maximum absolute atomic E-state index is 6.19. The average Bonchev–Trinajstić information content (AvgIpc) is 3.72. The first-order valence-corrected chi connectivity index (χ1v) is 21.2. The van der Waals surface area contributed by atoms with E-state index in [0.29, 0.717) is 0 Å². The number of hydrogen-bond donors (Lipinski definition) is 0. The zero-order valence-electron chi connectivity index (χ0n) is 33.9.